The molecule has 0 bridgehead atoms. The molecule has 12 nitrogen and oxygen atoms in total. The predicted molar refractivity (Wildman–Crippen MR) is 105 cm³/mol. The quantitative estimate of drug-likeness (QED) is 0.528. The van der Waals surface area contributed by atoms with Crippen LogP contribution in [0.15, 0.2) is 39.4 Å². The highest BCUT2D eigenvalue weighted by atomic mass is 32.2. The van der Waals surface area contributed by atoms with Crippen molar-refractivity contribution in [3.05, 3.63) is 34.7 Å². The molecule has 13 heteroatoms. The van der Waals surface area contributed by atoms with Crippen LogP contribution in [0.25, 0.3) is 5.65 Å². The van der Waals surface area contributed by atoms with Crippen molar-refractivity contribution in [2.75, 3.05) is 24.2 Å². The zero-order valence-corrected chi connectivity index (χ0v) is 16.7. The molecule has 0 atom stereocenters. The van der Waals surface area contributed by atoms with Gasteiger partial charge in [-0.05, 0) is 26.0 Å². The van der Waals surface area contributed by atoms with Gasteiger partial charge in [0.05, 0.1) is 19.5 Å². The van der Waals surface area contributed by atoms with Crippen molar-refractivity contribution < 1.29 is 17.9 Å². The van der Waals surface area contributed by atoms with Crippen LogP contribution in [0.5, 0.6) is 11.8 Å². The Morgan fingerprint density at radius 2 is 2.00 bits per heavy atom. The second-order valence-corrected chi connectivity index (χ2v) is 7.45. The summed E-state index contributed by atoms with van der Waals surface area (Å²) in [6, 6.07) is 4.61. The van der Waals surface area contributed by atoms with Crippen LogP contribution in [-0.2, 0) is 10.0 Å². The molecule has 3 heterocycles. The third-order valence-corrected chi connectivity index (χ3v) is 4.00. The minimum Gasteiger partial charge on any atom is -0.477 e. The molecule has 0 radical (unpaired) electrons. The Balaban J connectivity index is 2.09. The molecule has 0 spiro atoms. The van der Waals surface area contributed by atoms with Crippen LogP contribution in [0.4, 0.5) is 17.2 Å². The van der Waals surface area contributed by atoms with Gasteiger partial charge in [-0.1, -0.05) is 0 Å². The average molecular weight is 421 g/mol. The molecule has 0 saturated carbocycles. The van der Waals surface area contributed by atoms with E-state index in [-0.39, 0.29) is 29.7 Å². The number of H-pyrrole nitrogens is 1. The van der Waals surface area contributed by atoms with Crippen LogP contribution in [0, 0.1) is 0 Å². The van der Waals surface area contributed by atoms with Crippen LogP contribution in [0.3, 0.4) is 0 Å². The van der Waals surface area contributed by atoms with Gasteiger partial charge in [-0.25, -0.2) is 13.4 Å². The lowest BCUT2D eigenvalue weighted by Gasteiger charge is -2.08. The second kappa shape index (κ2) is 8.26. The first-order chi connectivity index (χ1) is 13.8. The zero-order chi connectivity index (χ0) is 21.0. The van der Waals surface area contributed by atoms with Crippen molar-refractivity contribution in [2.45, 2.75) is 13.8 Å². The molecule has 0 aromatic carbocycles. The number of nitrogens with one attached hydrogen (secondary N) is 2. The van der Waals surface area contributed by atoms with Crippen LogP contribution in [0.2, 0.25) is 0 Å². The lowest BCUT2D eigenvalue weighted by molar-refractivity contribution is 0.306. The van der Waals surface area contributed by atoms with E-state index in [2.05, 4.69) is 30.0 Å². The monoisotopic (exact) mass is 421 g/mol. The SMILES string of the molecule is CCOc1cc2[nH]c(=O)c(/N=N/c3cccnc3NS(C)(=O)=O)c(OCC)n2n1. The predicted octanol–water partition coefficient (Wildman–Crippen LogP) is 2.00. The lowest BCUT2D eigenvalue weighted by atomic mass is 10.4. The van der Waals surface area contributed by atoms with E-state index in [0.29, 0.717) is 18.1 Å². The van der Waals surface area contributed by atoms with E-state index < -0.39 is 15.6 Å². The fourth-order valence-corrected chi connectivity index (χ4v) is 2.89. The molecule has 0 aliphatic heterocycles. The number of nitrogens with zero attached hydrogens (tertiary/aromatic N) is 5. The molecule has 29 heavy (non-hydrogen) atoms. The number of rotatable bonds is 8. The molecule has 0 aliphatic rings. The van der Waals surface area contributed by atoms with Crippen LogP contribution < -0.4 is 19.8 Å². The Kier molecular flexibility index (Phi) is 5.77. The molecule has 0 amide bonds. The van der Waals surface area contributed by atoms with E-state index in [1.54, 1.807) is 19.1 Å². The Morgan fingerprint density at radius 1 is 1.24 bits per heavy atom. The van der Waals surface area contributed by atoms with E-state index in [9.17, 15) is 13.2 Å². The Morgan fingerprint density at radius 3 is 2.69 bits per heavy atom. The maximum Gasteiger partial charge on any atom is 0.283 e. The summed E-state index contributed by atoms with van der Waals surface area (Å²) in [7, 11) is -3.57. The van der Waals surface area contributed by atoms with E-state index in [1.165, 1.54) is 16.8 Å². The number of aromatic nitrogens is 4. The van der Waals surface area contributed by atoms with Crippen molar-refractivity contribution in [3.63, 3.8) is 0 Å². The van der Waals surface area contributed by atoms with E-state index in [1.807, 2.05) is 6.92 Å². The molecule has 0 saturated heterocycles. The fourth-order valence-electron chi connectivity index (χ4n) is 2.38. The number of ether oxygens (including phenoxy) is 2. The topological polar surface area (TPSA) is 152 Å². The minimum atomic E-state index is -3.57. The summed E-state index contributed by atoms with van der Waals surface area (Å²) in [6.07, 6.45) is 2.39. The third-order valence-electron chi connectivity index (χ3n) is 3.44. The van der Waals surface area contributed by atoms with Crippen LogP contribution >= 0.6 is 0 Å². The van der Waals surface area contributed by atoms with Crippen LogP contribution in [0.1, 0.15) is 13.8 Å². The molecule has 154 valence electrons. The molecule has 3 rings (SSSR count). The summed E-state index contributed by atoms with van der Waals surface area (Å²) in [5.74, 6) is 0.361. The summed E-state index contributed by atoms with van der Waals surface area (Å²) in [5, 5.41) is 12.2. The Labute approximate surface area is 165 Å². The number of azo groups is 1. The van der Waals surface area contributed by atoms with Crippen molar-refractivity contribution in [3.8, 4) is 11.8 Å². The number of sulfonamides is 1. The number of aromatic amines is 1. The Bertz CT molecular complexity index is 1220. The van der Waals surface area contributed by atoms with Gasteiger partial charge in [-0.3, -0.25) is 9.52 Å². The van der Waals surface area contributed by atoms with E-state index in [4.69, 9.17) is 9.47 Å². The number of hydrogen-bond acceptors (Lipinski definition) is 9. The highest BCUT2D eigenvalue weighted by molar-refractivity contribution is 7.92. The first-order valence-corrected chi connectivity index (χ1v) is 10.5. The molecule has 0 aliphatic carbocycles. The molecule has 2 N–H and O–H groups in total. The van der Waals surface area contributed by atoms with E-state index >= 15 is 0 Å². The molecule has 0 unspecified atom stereocenters. The second-order valence-electron chi connectivity index (χ2n) is 5.70. The maximum atomic E-state index is 12.5. The van der Waals surface area contributed by atoms with Gasteiger partial charge in [0.1, 0.15) is 11.3 Å². The minimum absolute atomic E-state index is 0.0214. The van der Waals surface area contributed by atoms with Gasteiger partial charge in [0.2, 0.25) is 21.6 Å². The van der Waals surface area contributed by atoms with Crippen molar-refractivity contribution >= 4 is 32.9 Å². The summed E-state index contributed by atoms with van der Waals surface area (Å²) >= 11 is 0. The first-order valence-electron chi connectivity index (χ1n) is 8.58. The van der Waals surface area contributed by atoms with Gasteiger partial charge in [-0.2, -0.15) is 4.52 Å². The van der Waals surface area contributed by atoms with Crippen molar-refractivity contribution in [1.29, 1.82) is 0 Å². The summed E-state index contributed by atoms with van der Waals surface area (Å²) in [4.78, 5) is 19.1. The average Bonchev–Trinajstić information content (AvgIpc) is 3.04. The highest BCUT2D eigenvalue weighted by Crippen LogP contribution is 2.29. The van der Waals surface area contributed by atoms with Crippen molar-refractivity contribution in [1.82, 2.24) is 19.6 Å². The fraction of sp³-hybridized carbons (Fsp3) is 0.312. The highest BCUT2D eigenvalue weighted by Gasteiger charge is 2.17. The van der Waals surface area contributed by atoms with Gasteiger partial charge in [0.25, 0.3) is 11.4 Å². The summed E-state index contributed by atoms with van der Waals surface area (Å²) in [6.45, 7) is 4.21. The lowest BCUT2D eigenvalue weighted by Crippen LogP contribution is -2.12. The summed E-state index contributed by atoms with van der Waals surface area (Å²) in [5.41, 5.74) is -0.217. The van der Waals surface area contributed by atoms with Crippen LogP contribution in [-0.4, -0.2) is 47.5 Å². The number of hydrogen-bond donors (Lipinski definition) is 2. The zero-order valence-electron chi connectivity index (χ0n) is 15.9. The molecule has 3 aromatic heterocycles. The molecular formula is C16H19N7O5S. The molecule has 3 aromatic rings. The molecular weight excluding hydrogens is 402 g/mol. The molecule has 0 fully saturated rings. The van der Waals surface area contributed by atoms with E-state index in [0.717, 1.165) is 6.26 Å². The largest absolute Gasteiger partial charge is 0.477 e. The van der Waals surface area contributed by atoms with Crippen molar-refractivity contribution in [2.24, 2.45) is 10.2 Å². The Hall–Kier alpha value is -3.48. The normalized spacial score (nSPS) is 11.8. The number of anilines is 1. The standard InChI is InChI=1S/C16H19N7O5S/c1-4-27-12-9-11-18-15(24)13(16(28-5-2)23(11)21-12)20-19-10-7-6-8-17-14(10)22-29(3,25)26/h6-9H,4-5H2,1-3H3,(H,17,22)(H,18,24)/b20-19+. The number of fused-ring (bicyclic) bond motifs is 1. The smallest absolute Gasteiger partial charge is 0.283 e. The first kappa shape index (κ1) is 20.3. The number of pyridine rings is 1. The van der Waals surface area contributed by atoms with Gasteiger partial charge in [-0.15, -0.1) is 15.3 Å². The third kappa shape index (κ3) is 4.68. The summed E-state index contributed by atoms with van der Waals surface area (Å²) < 4.78 is 37.5. The van der Waals surface area contributed by atoms with Gasteiger partial charge in [0.15, 0.2) is 5.82 Å². The van der Waals surface area contributed by atoms with Gasteiger partial charge < -0.3 is 14.5 Å². The van der Waals surface area contributed by atoms with Gasteiger partial charge >= 0.3 is 0 Å². The van der Waals surface area contributed by atoms with Gasteiger partial charge in [0, 0.05) is 12.3 Å². The maximum absolute atomic E-state index is 12.5.